The SMILES string of the molecule is CCCCCC(C)CCC(C)C(N)N. The zero-order chi connectivity index (χ0) is 11.0. The molecule has 2 heteroatoms. The van der Waals surface area contributed by atoms with E-state index in [1.807, 2.05) is 0 Å². The zero-order valence-electron chi connectivity index (χ0n) is 10.1. The van der Waals surface area contributed by atoms with E-state index in [9.17, 15) is 0 Å². The van der Waals surface area contributed by atoms with E-state index in [4.69, 9.17) is 11.5 Å². The highest BCUT2D eigenvalue weighted by molar-refractivity contribution is 4.64. The van der Waals surface area contributed by atoms with Gasteiger partial charge in [-0.3, -0.25) is 0 Å². The van der Waals surface area contributed by atoms with Crippen LogP contribution in [0.4, 0.5) is 0 Å². The molecule has 0 aliphatic carbocycles. The van der Waals surface area contributed by atoms with Crippen molar-refractivity contribution in [3.05, 3.63) is 0 Å². The minimum Gasteiger partial charge on any atom is -0.316 e. The maximum atomic E-state index is 5.62. The molecule has 0 heterocycles. The van der Waals surface area contributed by atoms with E-state index in [1.165, 1.54) is 38.5 Å². The van der Waals surface area contributed by atoms with Gasteiger partial charge >= 0.3 is 0 Å². The molecule has 0 rings (SSSR count). The maximum absolute atomic E-state index is 5.62. The fourth-order valence-corrected chi connectivity index (χ4v) is 1.63. The lowest BCUT2D eigenvalue weighted by atomic mass is 9.93. The third kappa shape index (κ3) is 7.34. The molecule has 4 N–H and O–H groups in total. The lowest BCUT2D eigenvalue weighted by molar-refractivity contribution is 0.365. The third-order valence-electron chi connectivity index (χ3n) is 3.07. The molecule has 0 radical (unpaired) electrons. The standard InChI is InChI=1S/C12H28N2/c1-4-5-6-7-10(2)8-9-11(3)12(13)14/h10-12H,4-9,13-14H2,1-3H3. The summed E-state index contributed by atoms with van der Waals surface area (Å²) in [7, 11) is 0. The van der Waals surface area contributed by atoms with Gasteiger partial charge in [0.05, 0.1) is 6.17 Å². The van der Waals surface area contributed by atoms with Crippen LogP contribution in [0.1, 0.15) is 59.3 Å². The molecule has 0 aromatic rings. The first-order chi connectivity index (χ1) is 6.57. The molecule has 0 amide bonds. The number of hydrogen-bond acceptors (Lipinski definition) is 2. The van der Waals surface area contributed by atoms with Gasteiger partial charge in [-0.05, 0) is 18.3 Å². The molecule has 0 bridgehead atoms. The van der Waals surface area contributed by atoms with Crippen LogP contribution in [0.15, 0.2) is 0 Å². The van der Waals surface area contributed by atoms with Crippen molar-refractivity contribution >= 4 is 0 Å². The Labute approximate surface area is 89.4 Å². The summed E-state index contributed by atoms with van der Waals surface area (Å²) in [5.41, 5.74) is 11.2. The van der Waals surface area contributed by atoms with Crippen LogP contribution in [0.5, 0.6) is 0 Å². The Morgan fingerprint density at radius 2 is 1.57 bits per heavy atom. The molecule has 0 aromatic carbocycles. The summed E-state index contributed by atoms with van der Waals surface area (Å²) >= 11 is 0. The van der Waals surface area contributed by atoms with Crippen LogP contribution in [-0.4, -0.2) is 6.17 Å². The lowest BCUT2D eigenvalue weighted by Crippen LogP contribution is -2.37. The van der Waals surface area contributed by atoms with Gasteiger partial charge < -0.3 is 11.5 Å². The van der Waals surface area contributed by atoms with Crippen molar-refractivity contribution in [3.8, 4) is 0 Å². The Bertz CT molecular complexity index is 123. The minimum absolute atomic E-state index is 0.141. The van der Waals surface area contributed by atoms with Crippen LogP contribution in [0.2, 0.25) is 0 Å². The van der Waals surface area contributed by atoms with Crippen LogP contribution in [0, 0.1) is 11.8 Å². The molecule has 0 aliphatic heterocycles. The first kappa shape index (κ1) is 13.9. The lowest BCUT2D eigenvalue weighted by Gasteiger charge is -2.18. The molecule has 2 nitrogen and oxygen atoms in total. The van der Waals surface area contributed by atoms with Gasteiger partial charge in [0.2, 0.25) is 0 Å². The van der Waals surface area contributed by atoms with Crippen LogP contribution in [0.3, 0.4) is 0 Å². The monoisotopic (exact) mass is 200 g/mol. The van der Waals surface area contributed by atoms with Crippen molar-refractivity contribution in [3.63, 3.8) is 0 Å². The topological polar surface area (TPSA) is 52.0 Å². The average molecular weight is 200 g/mol. The largest absolute Gasteiger partial charge is 0.316 e. The second-order valence-electron chi connectivity index (χ2n) is 4.73. The van der Waals surface area contributed by atoms with Crippen molar-refractivity contribution in [1.82, 2.24) is 0 Å². The van der Waals surface area contributed by atoms with E-state index in [1.54, 1.807) is 0 Å². The quantitative estimate of drug-likeness (QED) is 0.467. The number of nitrogens with two attached hydrogens (primary N) is 2. The van der Waals surface area contributed by atoms with Crippen molar-refractivity contribution in [2.75, 3.05) is 0 Å². The fraction of sp³-hybridized carbons (Fsp3) is 1.00. The van der Waals surface area contributed by atoms with Crippen molar-refractivity contribution in [2.24, 2.45) is 23.3 Å². The third-order valence-corrected chi connectivity index (χ3v) is 3.07. The molecule has 14 heavy (non-hydrogen) atoms. The van der Waals surface area contributed by atoms with Gasteiger partial charge in [-0.1, -0.05) is 52.9 Å². The van der Waals surface area contributed by atoms with Gasteiger partial charge in [0.25, 0.3) is 0 Å². The van der Waals surface area contributed by atoms with Crippen molar-refractivity contribution < 1.29 is 0 Å². The van der Waals surface area contributed by atoms with Gasteiger partial charge in [0.15, 0.2) is 0 Å². The van der Waals surface area contributed by atoms with Gasteiger partial charge in [0.1, 0.15) is 0 Å². The van der Waals surface area contributed by atoms with Gasteiger partial charge in [-0.15, -0.1) is 0 Å². The first-order valence-corrected chi connectivity index (χ1v) is 6.09. The molecular weight excluding hydrogens is 172 g/mol. The average Bonchev–Trinajstić information content (AvgIpc) is 2.14. The molecule has 2 unspecified atom stereocenters. The van der Waals surface area contributed by atoms with Crippen LogP contribution >= 0.6 is 0 Å². The van der Waals surface area contributed by atoms with E-state index in [0.29, 0.717) is 5.92 Å². The van der Waals surface area contributed by atoms with Gasteiger partial charge in [-0.25, -0.2) is 0 Å². The highest BCUT2D eigenvalue weighted by Gasteiger charge is 2.09. The summed E-state index contributed by atoms with van der Waals surface area (Å²) in [6, 6.07) is 0. The maximum Gasteiger partial charge on any atom is 0.0547 e. The molecule has 0 fully saturated rings. The van der Waals surface area contributed by atoms with Crippen LogP contribution < -0.4 is 11.5 Å². The second-order valence-corrected chi connectivity index (χ2v) is 4.73. The Morgan fingerprint density at radius 3 is 2.07 bits per heavy atom. The Hall–Kier alpha value is -0.0800. The highest BCUT2D eigenvalue weighted by Crippen LogP contribution is 2.18. The number of unbranched alkanes of at least 4 members (excludes halogenated alkanes) is 2. The second kappa shape index (κ2) is 8.25. The van der Waals surface area contributed by atoms with Gasteiger partial charge in [0, 0.05) is 0 Å². The summed E-state index contributed by atoms with van der Waals surface area (Å²) in [6.45, 7) is 6.73. The summed E-state index contributed by atoms with van der Waals surface area (Å²) in [6.07, 6.45) is 7.73. The van der Waals surface area contributed by atoms with E-state index in [-0.39, 0.29) is 6.17 Å². The predicted octanol–water partition coefficient (Wildman–Crippen LogP) is 2.86. The molecule has 0 aliphatic rings. The number of rotatable bonds is 8. The van der Waals surface area contributed by atoms with E-state index < -0.39 is 0 Å². The Balaban J connectivity index is 3.38. The van der Waals surface area contributed by atoms with E-state index in [0.717, 1.165) is 5.92 Å². The fourth-order valence-electron chi connectivity index (χ4n) is 1.63. The van der Waals surface area contributed by atoms with Crippen LogP contribution in [-0.2, 0) is 0 Å². The normalized spacial score (nSPS) is 15.9. The van der Waals surface area contributed by atoms with Crippen molar-refractivity contribution in [2.45, 2.75) is 65.5 Å². The Kier molecular flexibility index (Phi) is 8.20. The highest BCUT2D eigenvalue weighted by atomic mass is 14.9. The summed E-state index contributed by atoms with van der Waals surface area (Å²) in [4.78, 5) is 0. The first-order valence-electron chi connectivity index (χ1n) is 6.09. The Morgan fingerprint density at radius 1 is 0.929 bits per heavy atom. The van der Waals surface area contributed by atoms with E-state index in [2.05, 4.69) is 20.8 Å². The van der Waals surface area contributed by atoms with E-state index >= 15 is 0 Å². The number of hydrogen-bond donors (Lipinski definition) is 2. The summed E-state index contributed by atoms with van der Waals surface area (Å²) in [5.74, 6) is 1.30. The molecule has 86 valence electrons. The molecule has 2 atom stereocenters. The summed E-state index contributed by atoms with van der Waals surface area (Å²) < 4.78 is 0. The molecule has 0 saturated carbocycles. The zero-order valence-corrected chi connectivity index (χ0v) is 10.1. The summed E-state index contributed by atoms with van der Waals surface area (Å²) in [5, 5.41) is 0. The molecule has 0 saturated heterocycles. The van der Waals surface area contributed by atoms with Gasteiger partial charge in [-0.2, -0.15) is 0 Å². The smallest absolute Gasteiger partial charge is 0.0547 e. The molecular formula is C12H28N2. The van der Waals surface area contributed by atoms with Crippen LogP contribution in [0.25, 0.3) is 0 Å². The predicted molar refractivity (Wildman–Crippen MR) is 63.9 cm³/mol. The minimum atomic E-state index is -0.141. The molecule has 0 spiro atoms. The van der Waals surface area contributed by atoms with Crippen molar-refractivity contribution in [1.29, 1.82) is 0 Å². The molecule has 0 aromatic heterocycles.